The van der Waals surface area contributed by atoms with Crippen molar-refractivity contribution >= 4 is 27.5 Å². The van der Waals surface area contributed by atoms with E-state index in [4.69, 9.17) is 10.5 Å². The average Bonchev–Trinajstić information content (AvgIpc) is 2.64. The molecule has 1 aliphatic rings. The average molecular weight is 317 g/mol. The largest absolute Gasteiger partial charge is 0.379 e. The van der Waals surface area contributed by atoms with E-state index in [0.29, 0.717) is 23.4 Å². The van der Waals surface area contributed by atoms with Gasteiger partial charge in [-0.25, -0.2) is 4.39 Å². The van der Waals surface area contributed by atoms with Crippen molar-refractivity contribution in [3.63, 3.8) is 0 Å². The summed E-state index contributed by atoms with van der Waals surface area (Å²) in [6.07, 6.45) is 0. The number of hydrogen-bond acceptors (Lipinski definition) is 3. The minimum absolute atomic E-state index is 0.222. The molecule has 1 amide bonds. The Labute approximate surface area is 113 Å². The van der Waals surface area contributed by atoms with E-state index in [9.17, 15) is 9.18 Å². The zero-order chi connectivity index (χ0) is 13.3. The zero-order valence-electron chi connectivity index (χ0n) is 9.87. The molecule has 1 fully saturated rings. The molecule has 6 heteroatoms. The number of anilines is 1. The Morgan fingerprint density at radius 1 is 1.67 bits per heavy atom. The van der Waals surface area contributed by atoms with Gasteiger partial charge in [0, 0.05) is 10.5 Å². The van der Waals surface area contributed by atoms with E-state index in [2.05, 4.69) is 21.2 Å². The van der Waals surface area contributed by atoms with E-state index < -0.39 is 5.41 Å². The second-order valence-corrected chi connectivity index (χ2v) is 5.47. The molecule has 1 heterocycles. The number of ether oxygens (including phenoxy) is 1. The van der Waals surface area contributed by atoms with Crippen LogP contribution in [0.1, 0.15) is 6.92 Å². The van der Waals surface area contributed by atoms with Crippen LogP contribution in [0.5, 0.6) is 0 Å². The van der Waals surface area contributed by atoms with Crippen LogP contribution >= 0.6 is 15.9 Å². The number of carbonyl (C=O) groups is 1. The van der Waals surface area contributed by atoms with Crippen molar-refractivity contribution in [3.8, 4) is 0 Å². The molecule has 0 bridgehead atoms. The third kappa shape index (κ3) is 2.41. The number of hydrogen-bond donors (Lipinski definition) is 2. The highest BCUT2D eigenvalue weighted by Gasteiger charge is 2.44. The molecule has 98 valence electrons. The predicted molar refractivity (Wildman–Crippen MR) is 69.6 cm³/mol. The van der Waals surface area contributed by atoms with Crippen molar-refractivity contribution in [3.05, 3.63) is 28.5 Å². The lowest BCUT2D eigenvalue weighted by atomic mass is 9.85. The second-order valence-electron chi connectivity index (χ2n) is 4.62. The molecule has 3 N–H and O–H groups in total. The monoisotopic (exact) mass is 316 g/mol. The van der Waals surface area contributed by atoms with Crippen LogP contribution in [-0.4, -0.2) is 25.2 Å². The maximum absolute atomic E-state index is 12.9. The molecule has 1 aromatic carbocycles. The van der Waals surface area contributed by atoms with E-state index in [1.807, 2.05) is 0 Å². The van der Waals surface area contributed by atoms with Gasteiger partial charge >= 0.3 is 0 Å². The molecule has 0 aromatic heterocycles. The van der Waals surface area contributed by atoms with E-state index in [0.717, 1.165) is 0 Å². The summed E-state index contributed by atoms with van der Waals surface area (Å²) in [5.41, 5.74) is 5.63. The first-order chi connectivity index (χ1) is 8.43. The fourth-order valence-corrected chi connectivity index (χ4v) is 2.23. The van der Waals surface area contributed by atoms with Crippen molar-refractivity contribution in [1.82, 2.24) is 0 Å². The lowest BCUT2D eigenvalue weighted by molar-refractivity contribution is -0.125. The first-order valence-electron chi connectivity index (χ1n) is 5.53. The van der Waals surface area contributed by atoms with Gasteiger partial charge in [-0.1, -0.05) is 0 Å². The molecule has 1 aliphatic heterocycles. The molecule has 1 aromatic rings. The summed E-state index contributed by atoms with van der Waals surface area (Å²) in [4.78, 5) is 12.2. The lowest BCUT2D eigenvalue weighted by Crippen LogP contribution is -2.47. The first kappa shape index (κ1) is 13.5. The number of nitrogens with one attached hydrogen (secondary N) is 1. The molecule has 1 saturated heterocycles. The molecule has 18 heavy (non-hydrogen) atoms. The molecule has 2 rings (SSSR count). The van der Waals surface area contributed by atoms with Gasteiger partial charge in [0.1, 0.15) is 5.82 Å². The van der Waals surface area contributed by atoms with Gasteiger partial charge in [-0.15, -0.1) is 0 Å². The second kappa shape index (κ2) is 4.95. The number of carbonyl (C=O) groups excluding carboxylic acids is 1. The van der Waals surface area contributed by atoms with E-state index >= 15 is 0 Å². The molecule has 0 aliphatic carbocycles. The highest BCUT2D eigenvalue weighted by atomic mass is 79.9. The molecule has 2 atom stereocenters. The summed E-state index contributed by atoms with van der Waals surface area (Å²) < 4.78 is 18.7. The smallest absolute Gasteiger partial charge is 0.234 e. The number of amides is 1. The number of rotatable bonds is 2. The van der Waals surface area contributed by atoms with Crippen LogP contribution in [0, 0.1) is 11.2 Å². The van der Waals surface area contributed by atoms with Crippen molar-refractivity contribution < 1.29 is 13.9 Å². The normalized spacial score (nSPS) is 27.2. The third-order valence-corrected chi connectivity index (χ3v) is 3.87. The van der Waals surface area contributed by atoms with Gasteiger partial charge < -0.3 is 15.8 Å². The van der Waals surface area contributed by atoms with Crippen LogP contribution < -0.4 is 11.1 Å². The van der Waals surface area contributed by atoms with Crippen LogP contribution in [0.3, 0.4) is 0 Å². The maximum Gasteiger partial charge on any atom is 0.234 e. The molecule has 2 unspecified atom stereocenters. The highest BCUT2D eigenvalue weighted by molar-refractivity contribution is 9.10. The maximum atomic E-state index is 12.9. The Morgan fingerprint density at radius 2 is 2.39 bits per heavy atom. The molecule has 0 radical (unpaired) electrons. The highest BCUT2D eigenvalue weighted by Crippen LogP contribution is 2.30. The predicted octanol–water partition coefficient (Wildman–Crippen LogP) is 1.89. The Balaban J connectivity index is 2.16. The van der Waals surface area contributed by atoms with Crippen LogP contribution in [0.15, 0.2) is 22.7 Å². The minimum atomic E-state index is -0.756. The molecular formula is C12H14BrFN2O2. The molecule has 4 nitrogen and oxygen atoms in total. The Kier molecular flexibility index (Phi) is 3.70. The summed E-state index contributed by atoms with van der Waals surface area (Å²) in [5, 5.41) is 2.74. The van der Waals surface area contributed by atoms with E-state index in [1.165, 1.54) is 18.2 Å². The lowest BCUT2D eigenvalue weighted by Gasteiger charge is -2.25. The van der Waals surface area contributed by atoms with Gasteiger partial charge in [0.05, 0.1) is 24.3 Å². The van der Waals surface area contributed by atoms with Gasteiger partial charge in [0.25, 0.3) is 0 Å². The fraction of sp³-hybridized carbons (Fsp3) is 0.417. The van der Waals surface area contributed by atoms with Crippen LogP contribution in [-0.2, 0) is 9.53 Å². The van der Waals surface area contributed by atoms with Crippen LogP contribution in [0.4, 0.5) is 10.1 Å². The summed E-state index contributed by atoms with van der Waals surface area (Å²) in [5.74, 6) is -0.591. The summed E-state index contributed by atoms with van der Waals surface area (Å²) in [7, 11) is 0. The summed E-state index contributed by atoms with van der Waals surface area (Å²) in [6, 6.07) is 3.75. The van der Waals surface area contributed by atoms with Gasteiger partial charge in [-0.2, -0.15) is 0 Å². The fourth-order valence-electron chi connectivity index (χ4n) is 1.78. The van der Waals surface area contributed by atoms with E-state index in [1.54, 1.807) is 6.92 Å². The van der Waals surface area contributed by atoms with Crippen molar-refractivity contribution in [2.45, 2.75) is 13.0 Å². The Morgan fingerprint density at radius 3 is 2.94 bits per heavy atom. The standard InChI is InChI=1S/C12H14BrFN2O2/c1-12(6-18-5-10(12)15)11(17)16-9-3-2-7(14)4-8(9)13/h2-4,10H,5-6,15H2,1H3,(H,16,17). The van der Waals surface area contributed by atoms with Gasteiger partial charge in [0.2, 0.25) is 5.91 Å². The first-order valence-corrected chi connectivity index (χ1v) is 6.32. The summed E-state index contributed by atoms with van der Waals surface area (Å²) in [6.45, 7) is 2.42. The van der Waals surface area contributed by atoms with Gasteiger partial charge in [-0.05, 0) is 41.1 Å². The Hall–Kier alpha value is -0.980. The summed E-state index contributed by atoms with van der Waals surface area (Å²) >= 11 is 3.20. The SMILES string of the molecule is CC1(C(=O)Nc2ccc(F)cc2Br)COCC1N. The zero-order valence-corrected chi connectivity index (χ0v) is 11.5. The van der Waals surface area contributed by atoms with E-state index in [-0.39, 0.29) is 17.8 Å². The molecule has 0 spiro atoms. The van der Waals surface area contributed by atoms with Crippen molar-refractivity contribution in [2.75, 3.05) is 18.5 Å². The van der Waals surface area contributed by atoms with Crippen molar-refractivity contribution in [1.29, 1.82) is 0 Å². The number of benzene rings is 1. The minimum Gasteiger partial charge on any atom is -0.379 e. The van der Waals surface area contributed by atoms with Crippen LogP contribution in [0.2, 0.25) is 0 Å². The Bertz CT molecular complexity index is 483. The molecular weight excluding hydrogens is 303 g/mol. The van der Waals surface area contributed by atoms with Crippen molar-refractivity contribution in [2.24, 2.45) is 11.1 Å². The van der Waals surface area contributed by atoms with Gasteiger partial charge in [0.15, 0.2) is 0 Å². The number of halogens is 2. The third-order valence-electron chi connectivity index (χ3n) is 3.22. The number of nitrogens with two attached hydrogens (primary N) is 1. The van der Waals surface area contributed by atoms with Gasteiger partial charge in [-0.3, -0.25) is 4.79 Å². The quantitative estimate of drug-likeness (QED) is 0.875. The van der Waals surface area contributed by atoms with Crippen LogP contribution in [0.25, 0.3) is 0 Å². The topological polar surface area (TPSA) is 64.3 Å². The molecule has 0 saturated carbocycles.